The predicted octanol–water partition coefficient (Wildman–Crippen LogP) is 4.03. The van der Waals surface area contributed by atoms with Gasteiger partial charge in [-0.25, -0.2) is 15.3 Å². The summed E-state index contributed by atoms with van der Waals surface area (Å²) in [5, 5.41) is 5.02. The molecule has 1 atom stereocenters. The molecule has 37 heavy (non-hydrogen) atoms. The topological polar surface area (TPSA) is 93.4 Å². The van der Waals surface area contributed by atoms with E-state index >= 15 is 0 Å². The van der Waals surface area contributed by atoms with Gasteiger partial charge in [-0.05, 0) is 68.3 Å². The van der Waals surface area contributed by atoms with Crippen LogP contribution in [0.3, 0.4) is 0 Å². The van der Waals surface area contributed by atoms with E-state index < -0.39 is 6.23 Å². The van der Waals surface area contributed by atoms with E-state index in [0.717, 1.165) is 38.6 Å². The van der Waals surface area contributed by atoms with Crippen LogP contribution in [0.25, 0.3) is 23.3 Å². The average Bonchev–Trinajstić information content (AvgIpc) is 3.33. The number of benzene rings is 1. The SMILES string of the molecule is C=C(C)/C=c1\c(=C/C)cc(-c2cc(NC3=NC(c4cnc(C)cn4)ON3)ccc2C)c(=O)n1C.CCC. The van der Waals surface area contributed by atoms with Crippen molar-refractivity contribution >= 4 is 23.8 Å². The summed E-state index contributed by atoms with van der Waals surface area (Å²) in [5.74, 6) is 0.448. The lowest BCUT2D eigenvalue weighted by Gasteiger charge is -2.12. The summed E-state index contributed by atoms with van der Waals surface area (Å²) < 4.78 is 1.67. The number of rotatable bonds is 4. The Morgan fingerprint density at radius 1 is 1.19 bits per heavy atom. The fraction of sp³-hybridized carbons (Fsp3) is 0.310. The minimum absolute atomic E-state index is 0.0731. The van der Waals surface area contributed by atoms with Gasteiger partial charge >= 0.3 is 0 Å². The third kappa shape index (κ3) is 6.59. The number of hydroxylamine groups is 1. The number of allylic oxidation sites excluding steroid dienone is 1. The van der Waals surface area contributed by atoms with Crippen molar-refractivity contribution in [3.8, 4) is 11.1 Å². The molecular formula is C29H36N6O2. The lowest BCUT2D eigenvalue weighted by molar-refractivity contribution is 0.0347. The van der Waals surface area contributed by atoms with Gasteiger partial charge in [0.05, 0.1) is 17.2 Å². The Balaban J connectivity index is 0.00000121. The highest BCUT2D eigenvalue weighted by atomic mass is 16.7. The number of hydrogen-bond acceptors (Lipinski definition) is 7. The lowest BCUT2D eigenvalue weighted by atomic mass is 10.00. The molecule has 1 unspecified atom stereocenters. The molecule has 2 aromatic heterocycles. The second-order valence-electron chi connectivity index (χ2n) is 9.04. The number of anilines is 1. The average molecular weight is 501 g/mol. The molecule has 0 amide bonds. The summed E-state index contributed by atoms with van der Waals surface area (Å²) in [6, 6.07) is 7.78. The first kappa shape index (κ1) is 27.5. The highest BCUT2D eigenvalue weighted by Gasteiger charge is 2.22. The van der Waals surface area contributed by atoms with Gasteiger partial charge < -0.3 is 9.88 Å². The molecule has 1 aromatic carbocycles. The number of guanidine groups is 1. The zero-order valence-corrected chi connectivity index (χ0v) is 22.7. The van der Waals surface area contributed by atoms with Crippen molar-refractivity contribution in [1.29, 1.82) is 0 Å². The van der Waals surface area contributed by atoms with Crippen LogP contribution in [0.2, 0.25) is 0 Å². The Morgan fingerprint density at radius 2 is 1.92 bits per heavy atom. The molecule has 0 radical (unpaired) electrons. The molecule has 3 heterocycles. The van der Waals surface area contributed by atoms with Crippen LogP contribution < -0.4 is 26.9 Å². The Bertz CT molecular complexity index is 1490. The van der Waals surface area contributed by atoms with Crippen LogP contribution >= 0.6 is 0 Å². The molecule has 0 fully saturated rings. The molecule has 0 spiro atoms. The highest BCUT2D eigenvalue weighted by molar-refractivity contribution is 5.94. The summed E-state index contributed by atoms with van der Waals surface area (Å²) in [5.41, 5.74) is 8.27. The van der Waals surface area contributed by atoms with Crippen LogP contribution in [0, 0.1) is 13.8 Å². The van der Waals surface area contributed by atoms with E-state index in [4.69, 9.17) is 4.84 Å². The Kier molecular flexibility index (Phi) is 9.14. The van der Waals surface area contributed by atoms with Gasteiger partial charge in [0.25, 0.3) is 5.56 Å². The van der Waals surface area contributed by atoms with Crippen molar-refractivity contribution < 1.29 is 4.84 Å². The van der Waals surface area contributed by atoms with Gasteiger partial charge in [-0.3, -0.25) is 14.8 Å². The maximum absolute atomic E-state index is 13.3. The van der Waals surface area contributed by atoms with Gasteiger partial charge in [0.2, 0.25) is 12.2 Å². The molecule has 1 aliphatic heterocycles. The van der Waals surface area contributed by atoms with E-state index in [1.54, 1.807) is 24.0 Å². The van der Waals surface area contributed by atoms with Crippen molar-refractivity contribution in [1.82, 2.24) is 20.0 Å². The molecule has 0 bridgehead atoms. The first-order valence-electron chi connectivity index (χ1n) is 12.4. The van der Waals surface area contributed by atoms with Crippen LogP contribution in [-0.4, -0.2) is 20.5 Å². The van der Waals surface area contributed by atoms with Gasteiger partial charge in [-0.2, -0.15) is 0 Å². The minimum Gasteiger partial charge on any atom is -0.325 e. The molecule has 0 saturated heterocycles. The summed E-state index contributed by atoms with van der Waals surface area (Å²) in [6.07, 6.45) is 7.90. The Hall–Kier alpha value is -4.04. The molecule has 3 aromatic rings. The zero-order valence-electron chi connectivity index (χ0n) is 22.7. The largest absolute Gasteiger partial charge is 0.325 e. The van der Waals surface area contributed by atoms with Crippen molar-refractivity contribution in [3.63, 3.8) is 0 Å². The Morgan fingerprint density at radius 3 is 2.54 bits per heavy atom. The normalized spacial score (nSPS) is 15.5. The molecule has 4 rings (SSSR count). The van der Waals surface area contributed by atoms with Gasteiger partial charge in [0.15, 0.2) is 0 Å². The van der Waals surface area contributed by atoms with E-state index in [1.807, 2.05) is 64.1 Å². The number of aliphatic imine (C=N–C) groups is 1. The zero-order chi connectivity index (χ0) is 27.1. The molecule has 0 aliphatic carbocycles. The van der Waals surface area contributed by atoms with Gasteiger partial charge in [-0.1, -0.05) is 44.6 Å². The fourth-order valence-corrected chi connectivity index (χ4v) is 3.74. The monoisotopic (exact) mass is 500 g/mol. The Labute approximate surface area is 218 Å². The molecule has 8 heteroatoms. The number of aromatic nitrogens is 3. The second-order valence-corrected chi connectivity index (χ2v) is 9.04. The number of nitrogens with zero attached hydrogens (tertiary/aromatic N) is 4. The smallest absolute Gasteiger partial charge is 0.258 e. The van der Waals surface area contributed by atoms with Crippen molar-refractivity contribution in [3.05, 3.63) is 86.7 Å². The summed E-state index contributed by atoms with van der Waals surface area (Å²) in [4.78, 5) is 31.9. The van der Waals surface area contributed by atoms with E-state index in [-0.39, 0.29) is 5.56 Å². The summed E-state index contributed by atoms with van der Waals surface area (Å²) in [7, 11) is 1.79. The lowest BCUT2D eigenvalue weighted by Crippen LogP contribution is -2.42. The third-order valence-electron chi connectivity index (χ3n) is 5.54. The quantitative estimate of drug-likeness (QED) is 0.562. The van der Waals surface area contributed by atoms with E-state index in [9.17, 15) is 4.79 Å². The van der Waals surface area contributed by atoms with Gasteiger partial charge in [-0.15, -0.1) is 0 Å². The van der Waals surface area contributed by atoms with Gasteiger partial charge in [0.1, 0.15) is 5.69 Å². The number of nitrogens with one attached hydrogen (secondary N) is 2. The van der Waals surface area contributed by atoms with Gasteiger partial charge in [0, 0.05) is 24.5 Å². The molecule has 8 nitrogen and oxygen atoms in total. The van der Waals surface area contributed by atoms with Crippen molar-refractivity contribution in [2.24, 2.45) is 12.0 Å². The molecule has 194 valence electrons. The number of aryl methyl sites for hydroxylation is 2. The van der Waals surface area contributed by atoms with Crippen LogP contribution in [0.15, 0.2) is 58.6 Å². The van der Waals surface area contributed by atoms with Crippen molar-refractivity contribution in [2.45, 2.75) is 54.2 Å². The summed E-state index contributed by atoms with van der Waals surface area (Å²) in [6.45, 7) is 15.9. The summed E-state index contributed by atoms with van der Waals surface area (Å²) >= 11 is 0. The first-order valence-corrected chi connectivity index (χ1v) is 12.4. The van der Waals surface area contributed by atoms with Crippen LogP contribution in [0.4, 0.5) is 5.69 Å². The van der Waals surface area contributed by atoms with Crippen molar-refractivity contribution in [2.75, 3.05) is 5.32 Å². The van der Waals surface area contributed by atoms with Crippen LogP contribution in [0.1, 0.15) is 57.3 Å². The molecule has 2 N–H and O–H groups in total. The highest BCUT2D eigenvalue weighted by Crippen LogP contribution is 2.25. The first-order chi connectivity index (χ1) is 17.7. The number of pyridine rings is 1. The van der Waals surface area contributed by atoms with Crippen LogP contribution in [0.5, 0.6) is 0 Å². The maximum Gasteiger partial charge on any atom is 0.258 e. The van der Waals surface area contributed by atoms with E-state index in [0.29, 0.717) is 17.2 Å². The third-order valence-corrected chi connectivity index (χ3v) is 5.54. The number of hydrogen-bond donors (Lipinski definition) is 2. The van der Waals surface area contributed by atoms with E-state index in [1.165, 1.54) is 6.42 Å². The minimum atomic E-state index is -0.590. The van der Waals surface area contributed by atoms with Crippen LogP contribution in [-0.2, 0) is 11.9 Å². The second kappa shape index (κ2) is 12.3. The maximum atomic E-state index is 13.3. The molecular weight excluding hydrogens is 464 g/mol. The van der Waals surface area contributed by atoms with E-state index in [2.05, 4.69) is 46.2 Å². The predicted molar refractivity (Wildman–Crippen MR) is 151 cm³/mol. The fourth-order valence-electron chi connectivity index (χ4n) is 3.74. The standard InChI is InChI=1S/C26H28N6O2.C3H8/c1-7-18-11-21(25(33)32(6)23(18)10-15(2)3)20-12-19(9-8-16(20)4)29-26-30-24(34-31-26)22-14-27-17(5)13-28-22;1-3-2/h7-14,24H,2H2,1,3-6H3,(H2,29,30,31);3H2,1-2H3/b18-7-,23-10+;. The molecule has 1 aliphatic rings. The molecule has 0 saturated carbocycles.